The number of nitrogens with zero attached hydrogens (tertiary/aromatic N) is 2. The maximum atomic E-state index is 12.5. The van der Waals surface area contributed by atoms with E-state index in [0.29, 0.717) is 23.3 Å². The number of rotatable bonds is 4. The number of aromatic nitrogens is 2. The van der Waals surface area contributed by atoms with Crippen molar-refractivity contribution in [2.24, 2.45) is 0 Å². The Labute approximate surface area is 142 Å². The molecule has 0 unspecified atom stereocenters. The minimum absolute atomic E-state index is 0.141. The lowest BCUT2D eigenvalue weighted by molar-refractivity contribution is 0.102. The molecule has 0 atom stereocenters. The maximum absolute atomic E-state index is 12.5. The SMILES string of the molecule is CC(C)c1cc2ccc(C(=O)Nc3ccccn3)cc2n1C(C)C. The van der Waals surface area contributed by atoms with Gasteiger partial charge in [-0.2, -0.15) is 0 Å². The Kier molecular flexibility index (Phi) is 4.38. The molecule has 1 amide bonds. The molecular formula is C20H23N3O. The Balaban J connectivity index is 2.01. The van der Waals surface area contributed by atoms with Crippen LogP contribution in [0.5, 0.6) is 0 Å². The Bertz CT molecular complexity index is 863. The maximum Gasteiger partial charge on any atom is 0.256 e. The highest BCUT2D eigenvalue weighted by molar-refractivity contribution is 6.05. The lowest BCUT2D eigenvalue weighted by Crippen LogP contribution is -2.13. The van der Waals surface area contributed by atoms with Gasteiger partial charge in [-0.1, -0.05) is 26.0 Å². The largest absolute Gasteiger partial charge is 0.342 e. The molecule has 0 spiro atoms. The summed E-state index contributed by atoms with van der Waals surface area (Å²) >= 11 is 0. The number of benzene rings is 1. The average molecular weight is 321 g/mol. The first-order valence-electron chi connectivity index (χ1n) is 8.34. The lowest BCUT2D eigenvalue weighted by atomic mass is 10.1. The zero-order valence-electron chi connectivity index (χ0n) is 14.6. The van der Waals surface area contributed by atoms with E-state index >= 15 is 0 Å². The van der Waals surface area contributed by atoms with Crippen molar-refractivity contribution in [1.29, 1.82) is 0 Å². The predicted molar refractivity (Wildman–Crippen MR) is 98.6 cm³/mol. The Morgan fingerprint density at radius 1 is 1.08 bits per heavy atom. The van der Waals surface area contributed by atoms with Crippen LogP contribution >= 0.6 is 0 Å². The standard InChI is InChI=1S/C20H23N3O/c1-13(2)17-11-15-8-9-16(12-18(15)23(17)14(3)4)20(24)22-19-7-5-6-10-21-19/h5-14H,1-4H3,(H,21,22,24). The fourth-order valence-electron chi connectivity index (χ4n) is 3.03. The highest BCUT2D eigenvalue weighted by Crippen LogP contribution is 2.29. The molecule has 0 saturated carbocycles. The average Bonchev–Trinajstić information content (AvgIpc) is 2.94. The molecule has 124 valence electrons. The Morgan fingerprint density at radius 3 is 2.50 bits per heavy atom. The van der Waals surface area contributed by atoms with E-state index < -0.39 is 0 Å². The molecule has 1 aromatic carbocycles. The van der Waals surface area contributed by atoms with Gasteiger partial charge in [0.2, 0.25) is 0 Å². The molecule has 0 aliphatic rings. The van der Waals surface area contributed by atoms with Crippen LogP contribution in [0, 0.1) is 0 Å². The number of carbonyl (C=O) groups excluding carboxylic acids is 1. The first kappa shape index (κ1) is 16.2. The predicted octanol–water partition coefficient (Wildman–Crippen LogP) is 4.99. The molecule has 2 heterocycles. The van der Waals surface area contributed by atoms with Gasteiger partial charge in [0.05, 0.1) is 0 Å². The van der Waals surface area contributed by atoms with E-state index in [1.165, 1.54) is 11.1 Å². The zero-order valence-corrected chi connectivity index (χ0v) is 14.6. The van der Waals surface area contributed by atoms with Gasteiger partial charge < -0.3 is 9.88 Å². The summed E-state index contributed by atoms with van der Waals surface area (Å²) in [6.45, 7) is 8.74. The van der Waals surface area contributed by atoms with Crippen molar-refractivity contribution in [2.75, 3.05) is 5.32 Å². The lowest BCUT2D eigenvalue weighted by Gasteiger charge is -2.17. The van der Waals surface area contributed by atoms with Crippen molar-refractivity contribution in [3.63, 3.8) is 0 Å². The van der Waals surface area contributed by atoms with Crippen LogP contribution in [0.3, 0.4) is 0 Å². The van der Waals surface area contributed by atoms with Crippen LogP contribution < -0.4 is 5.32 Å². The fourth-order valence-corrected chi connectivity index (χ4v) is 3.03. The molecule has 3 rings (SSSR count). The van der Waals surface area contributed by atoms with Crippen molar-refractivity contribution in [3.05, 3.63) is 59.9 Å². The van der Waals surface area contributed by atoms with Crippen LogP contribution in [0.2, 0.25) is 0 Å². The third-order valence-corrected chi connectivity index (χ3v) is 4.15. The molecule has 0 aliphatic carbocycles. The van der Waals surface area contributed by atoms with Crippen molar-refractivity contribution in [3.8, 4) is 0 Å². The summed E-state index contributed by atoms with van der Waals surface area (Å²) in [5.41, 5.74) is 3.04. The fraction of sp³-hybridized carbons (Fsp3) is 0.300. The number of nitrogens with one attached hydrogen (secondary N) is 1. The molecule has 24 heavy (non-hydrogen) atoms. The van der Waals surface area contributed by atoms with E-state index in [4.69, 9.17) is 0 Å². The second-order valence-electron chi connectivity index (χ2n) is 6.63. The number of carbonyl (C=O) groups is 1. The summed E-state index contributed by atoms with van der Waals surface area (Å²) in [7, 11) is 0. The van der Waals surface area contributed by atoms with Crippen LogP contribution in [-0.4, -0.2) is 15.5 Å². The van der Waals surface area contributed by atoms with Gasteiger partial charge in [-0.25, -0.2) is 4.98 Å². The molecule has 4 nitrogen and oxygen atoms in total. The first-order valence-corrected chi connectivity index (χ1v) is 8.34. The summed E-state index contributed by atoms with van der Waals surface area (Å²) in [6.07, 6.45) is 1.66. The summed E-state index contributed by atoms with van der Waals surface area (Å²) in [6, 6.07) is 13.9. The van der Waals surface area contributed by atoms with Crippen molar-refractivity contribution < 1.29 is 4.79 Å². The Hall–Kier alpha value is -2.62. The van der Waals surface area contributed by atoms with Crippen molar-refractivity contribution in [1.82, 2.24) is 9.55 Å². The van der Waals surface area contributed by atoms with Gasteiger partial charge in [-0.05, 0) is 55.5 Å². The minimum atomic E-state index is -0.141. The van der Waals surface area contributed by atoms with Gasteiger partial charge in [0.25, 0.3) is 5.91 Å². The number of fused-ring (bicyclic) bond motifs is 1. The Morgan fingerprint density at radius 2 is 1.88 bits per heavy atom. The van der Waals surface area contributed by atoms with Crippen LogP contribution in [-0.2, 0) is 0 Å². The second kappa shape index (κ2) is 6.48. The zero-order chi connectivity index (χ0) is 17.3. The number of anilines is 1. The van der Waals surface area contributed by atoms with Crippen LogP contribution in [0.25, 0.3) is 10.9 Å². The molecule has 0 radical (unpaired) electrons. The molecule has 0 saturated heterocycles. The number of pyridine rings is 1. The van der Waals surface area contributed by atoms with E-state index in [1.807, 2.05) is 30.3 Å². The molecule has 0 fully saturated rings. The molecule has 1 N–H and O–H groups in total. The smallest absolute Gasteiger partial charge is 0.256 e. The topological polar surface area (TPSA) is 46.9 Å². The van der Waals surface area contributed by atoms with Gasteiger partial charge in [0, 0.05) is 29.0 Å². The summed E-state index contributed by atoms with van der Waals surface area (Å²) in [5, 5.41) is 4.01. The highest BCUT2D eigenvalue weighted by Gasteiger charge is 2.16. The molecule has 0 bridgehead atoms. The number of hydrogen-bond acceptors (Lipinski definition) is 2. The van der Waals surface area contributed by atoms with Gasteiger partial charge in [-0.3, -0.25) is 4.79 Å². The second-order valence-corrected chi connectivity index (χ2v) is 6.63. The van der Waals surface area contributed by atoms with E-state index in [1.54, 1.807) is 12.3 Å². The normalized spacial score (nSPS) is 11.4. The highest BCUT2D eigenvalue weighted by atomic mass is 16.1. The van der Waals surface area contributed by atoms with Gasteiger partial charge in [0.1, 0.15) is 5.82 Å². The molecular weight excluding hydrogens is 298 g/mol. The van der Waals surface area contributed by atoms with E-state index in [0.717, 1.165) is 5.52 Å². The van der Waals surface area contributed by atoms with Crippen molar-refractivity contribution in [2.45, 2.75) is 39.7 Å². The third-order valence-electron chi connectivity index (χ3n) is 4.15. The number of amides is 1. The molecule has 3 aromatic rings. The van der Waals surface area contributed by atoms with E-state index in [-0.39, 0.29) is 5.91 Å². The van der Waals surface area contributed by atoms with Crippen LogP contribution in [0.4, 0.5) is 5.82 Å². The quantitative estimate of drug-likeness (QED) is 0.735. The summed E-state index contributed by atoms with van der Waals surface area (Å²) in [5.74, 6) is 0.855. The van der Waals surface area contributed by atoms with Gasteiger partial charge in [-0.15, -0.1) is 0 Å². The van der Waals surface area contributed by atoms with Gasteiger partial charge in [0.15, 0.2) is 0 Å². The monoisotopic (exact) mass is 321 g/mol. The number of hydrogen-bond donors (Lipinski definition) is 1. The van der Waals surface area contributed by atoms with E-state index in [9.17, 15) is 4.79 Å². The van der Waals surface area contributed by atoms with Crippen LogP contribution in [0.15, 0.2) is 48.7 Å². The molecule has 4 heteroatoms. The molecule has 2 aromatic heterocycles. The summed E-state index contributed by atoms with van der Waals surface area (Å²) < 4.78 is 2.32. The molecule has 0 aliphatic heterocycles. The van der Waals surface area contributed by atoms with Crippen molar-refractivity contribution >= 4 is 22.6 Å². The third kappa shape index (κ3) is 3.04. The summed E-state index contributed by atoms with van der Waals surface area (Å²) in [4.78, 5) is 16.7. The van der Waals surface area contributed by atoms with E-state index in [2.05, 4.69) is 48.6 Å². The van der Waals surface area contributed by atoms with Gasteiger partial charge >= 0.3 is 0 Å². The minimum Gasteiger partial charge on any atom is -0.342 e. The first-order chi connectivity index (χ1) is 11.5. The van der Waals surface area contributed by atoms with Crippen LogP contribution in [0.1, 0.15) is 55.7 Å².